The summed E-state index contributed by atoms with van der Waals surface area (Å²) in [6.45, 7) is 9.33. The van der Waals surface area contributed by atoms with Gasteiger partial charge in [-0.05, 0) is 80.7 Å². The third kappa shape index (κ3) is 9.18. The molecule has 1 atom stereocenters. The number of anilines is 1. The van der Waals surface area contributed by atoms with Crippen LogP contribution in [0.15, 0.2) is 48.7 Å². The van der Waals surface area contributed by atoms with Gasteiger partial charge < -0.3 is 25.4 Å². The second kappa shape index (κ2) is 15.2. The number of ether oxygens (including phenoxy) is 1. The van der Waals surface area contributed by atoms with Crippen molar-refractivity contribution in [3.05, 3.63) is 64.3 Å². The number of hydrogen-bond acceptors (Lipinski definition) is 8. The number of piperidine rings is 1. The number of carbonyl (C=O) groups excluding carboxylic acids is 1. The van der Waals surface area contributed by atoms with Gasteiger partial charge in [0.25, 0.3) is 0 Å². The standard InChI is InChI=1S/C32H41Cl2N7O3/c1-22(42)20-40-9-11-41(12-10-40)30-4-3-28(19-36-30)44-31-14-24(13-29(38-31)25-15-26(33)17-27(34)16-25)21-39-7-5-23(6-8-39)18-37-32(43)35-2/h3-4,13-17,19,22-23,42H,5-12,18,20-21H2,1-2H3,(H2,35,37,43)/t22-/m1/s1. The van der Waals surface area contributed by atoms with Crippen molar-refractivity contribution in [3.8, 4) is 22.9 Å². The summed E-state index contributed by atoms with van der Waals surface area (Å²) in [5, 5.41) is 16.3. The van der Waals surface area contributed by atoms with Crippen LogP contribution >= 0.6 is 23.2 Å². The molecule has 1 aromatic carbocycles. The van der Waals surface area contributed by atoms with Gasteiger partial charge in [0.15, 0.2) is 0 Å². The third-order valence-corrected chi connectivity index (χ3v) is 8.51. The summed E-state index contributed by atoms with van der Waals surface area (Å²) < 4.78 is 6.26. The molecule has 2 saturated heterocycles. The Kier molecular flexibility index (Phi) is 11.2. The van der Waals surface area contributed by atoms with E-state index in [1.165, 1.54) is 0 Å². The molecule has 0 spiro atoms. The minimum absolute atomic E-state index is 0.137. The number of halogens is 2. The average Bonchev–Trinajstić information content (AvgIpc) is 3.00. The number of β-amino-alcohol motifs (C(OH)–C–C–N with tert-alkyl or cyclic N) is 1. The van der Waals surface area contributed by atoms with Crippen molar-refractivity contribution in [1.29, 1.82) is 0 Å². The molecular weight excluding hydrogens is 601 g/mol. The molecule has 0 aliphatic carbocycles. The fourth-order valence-electron chi connectivity index (χ4n) is 5.76. The van der Waals surface area contributed by atoms with Crippen molar-refractivity contribution in [2.75, 3.05) is 64.3 Å². The molecule has 44 heavy (non-hydrogen) atoms. The van der Waals surface area contributed by atoms with Gasteiger partial charge in [-0.2, -0.15) is 0 Å². The van der Waals surface area contributed by atoms with Gasteiger partial charge in [-0.15, -0.1) is 0 Å². The van der Waals surface area contributed by atoms with Crippen LogP contribution in [-0.4, -0.2) is 96.4 Å². The highest BCUT2D eigenvalue weighted by Gasteiger charge is 2.21. The number of benzene rings is 1. The molecule has 4 heterocycles. The molecule has 2 fully saturated rings. The van der Waals surface area contributed by atoms with E-state index in [4.69, 9.17) is 32.9 Å². The summed E-state index contributed by atoms with van der Waals surface area (Å²) in [6.07, 6.45) is 3.45. The Labute approximate surface area is 269 Å². The summed E-state index contributed by atoms with van der Waals surface area (Å²) in [7, 11) is 1.63. The lowest BCUT2D eigenvalue weighted by atomic mass is 9.96. The van der Waals surface area contributed by atoms with Gasteiger partial charge in [-0.3, -0.25) is 9.80 Å². The van der Waals surface area contributed by atoms with Crippen LogP contribution < -0.4 is 20.3 Å². The lowest BCUT2D eigenvalue weighted by Crippen LogP contribution is -2.48. The number of likely N-dealkylation sites (tertiary alicyclic amines) is 1. The largest absolute Gasteiger partial charge is 0.437 e. The molecule has 5 rings (SSSR count). The van der Waals surface area contributed by atoms with E-state index in [-0.39, 0.29) is 12.1 Å². The Morgan fingerprint density at radius 1 is 1.02 bits per heavy atom. The molecule has 0 saturated carbocycles. The number of amides is 2. The van der Waals surface area contributed by atoms with Crippen molar-refractivity contribution in [1.82, 2.24) is 30.4 Å². The smallest absolute Gasteiger partial charge is 0.314 e. The quantitative estimate of drug-likeness (QED) is 0.287. The first-order valence-electron chi connectivity index (χ1n) is 15.2. The van der Waals surface area contributed by atoms with Gasteiger partial charge in [-0.1, -0.05) is 23.2 Å². The van der Waals surface area contributed by atoms with Gasteiger partial charge in [0, 0.05) is 74.5 Å². The van der Waals surface area contributed by atoms with Crippen molar-refractivity contribution >= 4 is 35.1 Å². The lowest BCUT2D eigenvalue weighted by molar-refractivity contribution is 0.122. The number of urea groups is 1. The minimum Gasteiger partial charge on any atom is -0.437 e. The Morgan fingerprint density at radius 3 is 2.39 bits per heavy atom. The van der Waals surface area contributed by atoms with Crippen LogP contribution in [0.4, 0.5) is 10.6 Å². The Bertz CT molecular complexity index is 1370. The molecule has 2 amide bonds. The summed E-state index contributed by atoms with van der Waals surface area (Å²) in [4.78, 5) is 28.0. The van der Waals surface area contributed by atoms with E-state index in [0.29, 0.717) is 40.7 Å². The van der Waals surface area contributed by atoms with Crippen LogP contribution in [0, 0.1) is 5.92 Å². The lowest BCUT2D eigenvalue weighted by Gasteiger charge is -2.35. The van der Waals surface area contributed by atoms with Gasteiger partial charge in [0.1, 0.15) is 11.6 Å². The number of rotatable bonds is 10. The molecule has 0 radical (unpaired) electrons. The first-order valence-corrected chi connectivity index (χ1v) is 15.9. The van der Waals surface area contributed by atoms with Crippen LogP contribution in [0.5, 0.6) is 11.6 Å². The van der Waals surface area contributed by atoms with Crippen molar-refractivity contribution in [2.24, 2.45) is 5.92 Å². The van der Waals surface area contributed by atoms with Gasteiger partial charge >= 0.3 is 6.03 Å². The Hall–Kier alpha value is -3.15. The van der Waals surface area contributed by atoms with Crippen LogP contribution in [0.1, 0.15) is 25.3 Å². The van der Waals surface area contributed by atoms with E-state index in [9.17, 15) is 9.90 Å². The van der Waals surface area contributed by atoms with Crippen molar-refractivity contribution in [3.63, 3.8) is 0 Å². The molecule has 2 aromatic heterocycles. The fourth-order valence-corrected chi connectivity index (χ4v) is 6.28. The number of carbonyl (C=O) groups is 1. The van der Waals surface area contributed by atoms with E-state index in [1.54, 1.807) is 19.3 Å². The number of pyridine rings is 2. The maximum absolute atomic E-state index is 11.6. The summed E-state index contributed by atoms with van der Waals surface area (Å²) in [6, 6.07) is 13.2. The summed E-state index contributed by atoms with van der Waals surface area (Å²) in [5.41, 5.74) is 2.62. The molecular formula is C32H41Cl2N7O3. The van der Waals surface area contributed by atoms with Gasteiger partial charge in [0.05, 0.1) is 18.0 Å². The maximum atomic E-state index is 11.6. The van der Waals surface area contributed by atoms with Gasteiger partial charge in [0.2, 0.25) is 5.88 Å². The molecule has 2 aliphatic heterocycles. The van der Waals surface area contributed by atoms with Crippen LogP contribution in [0.2, 0.25) is 10.0 Å². The molecule has 12 heteroatoms. The number of piperazine rings is 1. The van der Waals surface area contributed by atoms with E-state index >= 15 is 0 Å². The number of nitrogens with zero attached hydrogens (tertiary/aromatic N) is 5. The molecule has 0 unspecified atom stereocenters. The second-order valence-corrected chi connectivity index (χ2v) is 12.5. The second-order valence-electron chi connectivity index (χ2n) is 11.6. The van der Waals surface area contributed by atoms with E-state index in [2.05, 4.69) is 36.4 Å². The third-order valence-electron chi connectivity index (χ3n) is 8.07. The van der Waals surface area contributed by atoms with Crippen molar-refractivity contribution in [2.45, 2.75) is 32.4 Å². The van der Waals surface area contributed by atoms with Crippen LogP contribution in [0.25, 0.3) is 11.3 Å². The van der Waals surface area contributed by atoms with Crippen LogP contribution in [-0.2, 0) is 6.54 Å². The number of aliphatic hydroxyl groups is 1. The number of aliphatic hydroxyl groups excluding tert-OH is 1. The summed E-state index contributed by atoms with van der Waals surface area (Å²) >= 11 is 12.7. The topological polar surface area (TPSA) is 106 Å². The molecule has 10 nitrogen and oxygen atoms in total. The molecule has 0 bridgehead atoms. The normalized spacial score (nSPS) is 17.3. The monoisotopic (exact) mass is 641 g/mol. The highest BCUT2D eigenvalue weighted by Crippen LogP contribution is 2.31. The SMILES string of the molecule is CNC(=O)NCC1CCN(Cc2cc(Oc3ccc(N4CCN(C[C@@H](C)O)CC4)nc3)nc(-c3cc(Cl)cc(Cl)c3)c2)CC1. The molecule has 3 N–H and O–H groups in total. The zero-order valence-corrected chi connectivity index (χ0v) is 26.8. The predicted octanol–water partition coefficient (Wildman–Crippen LogP) is 4.89. The van der Waals surface area contributed by atoms with E-state index in [0.717, 1.165) is 81.3 Å². The number of nitrogens with one attached hydrogen (secondary N) is 2. The predicted molar refractivity (Wildman–Crippen MR) is 175 cm³/mol. The van der Waals surface area contributed by atoms with Crippen LogP contribution in [0.3, 0.4) is 0 Å². The highest BCUT2D eigenvalue weighted by molar-refractivity contribution is 6.35. The minimum atomic E-state index is -0.323. The molecule has 3 aromatic rings. The van der Waals surface area contributed by atoms with Gasteiger partial charge in [-0.25, -0.2) is 14.8 Å². The number of aromatic nitrogens is 2. The zero-order chi connectivity index (χ0) is 31.1. The fraction of sp³-hybridized carbons (Fsp3) is 0.469. The Balaban J connectivity index is 1.27. The van der Waals surface area contributed by atoms with Crippen molar-refractivity contribution < 1.29 is 14.6 Å². The summed E-state index contributed by atoms with van der Waals surface area (Å²) in [5.74, 6) is 2.44. The molecule has 2 aliphatic rings. The first-order chi connectivity index (χ1) is 21.2. The Morgan fingerprint density at radius 2 is 1.75 bits per heavy atom. The first kappa shape index (κ1) is 32.2. The molecule has 236 valence electrons. The van der Waals surface area contributed by atoms with E-state index < -0.39 is 0 Å². The maximum Gasteiger partial charge on any atom is 0.314 e. The average molecular weight is 643 g/mol. The highest BCUT2D eigenvalue weighted by atomic mass is 35.5. The van der Waals surface area contributed by atoms with E-state index in [1.807, 2.05) is 37.3 Å². The zero-order valence-electron chi connectivity index (χ0n) is 25.3. The number of hydrogen-bond donors (Lipinski definition) is 3.